The normalized spacial score (nSPS) is 10.6. The molecule has 0 heterocycles. The topological polar surface area (TPSA) is 29.1 Å². The molecule has 3 rings (SSSR count). The van der Waals surface area contributed by atoms with Gasteiger partial charge in [-0.05, 0) is 64.4 Å². The monoisotopic (exact) mass is 451 g/mol. The highest BCUT2D eigenvalue weighted by molar-refractivity contribution is 14.1. The Bertz CT molecular complexity index is 815. The summed E-state index contributed by atoms with van der Waals surface area (Å²) in [6.07, 6.45) is 0. The zero-order valence-electron chi connectivity index (χ0n) is 10.9. The van der Waals surface area contributed by atoms with Crippen LogP contribution in [0.5, 0.6) is 0 Å². The Morgan fingerprint density at radius 3 is 2.29 bits per heavy atom. The minimum Gasteiger partial charge on any atom is -0.321 e. The van der Waals surface area contributed by atoms with Crippen molar-refractivity contribution in [3.05, 3.63) is 74.3 Å². The number of carbonyl (C=O) groups is 1. The Hall–Kier alpha value is -1.40. The van der Waals surface area contributed by atoms with Gasteiger partial charge < -0.3 is 5.32 Å². The smallest absolute Gasteiger partial charge is 0.255 e. The predicted molar refractivity (Wildman–Crippen MR) is 98.8 cm³/mol. The molecule has 104 valence electrons. The number of halogens is 2. The molecule has 3 aromatic rings. The average molecular weight is 452 g/mol. The van der Waals surface area contributed by atoms with Crippen LogP contribution in [0.2, 0.25) is 0 Å². The van der Waals surface area contributed by atoms with Gasteiger partial charge in [-0.1, -0.05) is 40.2 Å². The van der Waals surface area contributed by atoms with E-state index >= 15 is 0 Å². The molecule has 4 heteroatoms. The van der Waals surface area contributed by atoms with E-state index in [0.29, 0.717) is 5.56 Å². The molecule has 0 atom stereocenters. The fraction of sp³-hybridized carbons (Fsp3) is 0. The Kier molecular flexibility index (Phi) is 4.26. The van der Waals surface area contributed by atoms with Crippen LogP contribution in [0.1, 0.15) is 10.4 Å². The van der Waals surface area contributed by atoms with Crippen molar-refractivity contribution in [1.29, 1.82) is 0 Å². The molecule has 0 radical (unpaired) electrons. The van der Waals surface area contributed by atoms with Crippen molar-refractivity contribution in [3.8, 4) is 0 Å². The quantitative estimate of drug-likeness (QED) is 0.515. The third-order valence-electron chi connectivity index (χ3n) is 3.23. The number of nitrogens with one attached hydrogen (secondary N) is 1. The first kappa shape index (κ1) is 14.5. The molecule has 21 heavy (non-hydrogen) atoms. The standard InChI is InChI=1S/C17H11BrINO/c18-15-9-10-16(14-4-2-1-3-13(14)15)20-17(21)11-5-7-12(19)8-6-11/h1-10H,(H,20,21). The second kappa shape index (κ2) is 6.15. The molecular formula is C17H11BrINO. The second-order valence-electron chi connectivity index (χ2n) is 4.60. The van der Waals surface area contributed by atoms with E-state index < -0.39 is 0 Å². The summed E-state index contributed by atoms with van der Waals surface area (Å²) in [4.78, 5) is 12.3. The maximum atomic E-state index is 12.3. The number of hydrogen-bond donors (Lipinski definition) is 1. The van der Waals surface area contributed by atoms with Gasteiger partial charge >= 0.3 is 0 Å². The summed E-state index contributed by atoms with van der Waals surface area (Å²) in [6.45, 7) is 0. The number of benzene rings is 3. The maximum Gasteiger partial charge on any atom is 0.255 e. The SMILES string of the molecule is O=C(Nc1ccc(Br)c2ccccc12)c1ccc(I)cc1. The molecule has 0 bridgehead atoms. The molecule has 0 aliphatic rings. The zero-order valence-corrected chi connectivity index (χ0v) is 14.7. The summed E-state index contributed by atoms with van der Waals surface area (Å²) in [5.41, 5.74) is 1.47. The first-order chi connectivity index (χ1) is 10.1. The van der Waals surface area contributed by atoms with Crippen LogP contribution in [0.25, 0.3) is 10.8 Å². The highest BCUT2D eigenvalue weighted by Crippen LogP contribution is 2.30. The van der Waals surface area contributed by atoms with Crippen molar-refractivity contribution < 1.29 is 4.79 Å². The molecule has 0 spiro atoms. The van der Waals surface area contributed by atoms with Gasteiger partial charge in [-0.2, -0.15) is 0 Å². The minimum atomic E-state index is -0.0983. The van der Waals surface area contributed by atoms with Gasteiger partial charge in [0, 0.05) is 24.7 Å². The summed E-state index contributed by atoms with van der Waals surface area (Å²) in [7, 11) is 0. The maximum absolute atomic E-state index is 12.3. The summed E-state index contributed by atoms with van der Waals surface area (Å²) in [5.74, 6) is -0.0983. The molecule has 3 aromatic carbocycles. The van der Waals surface area contributed by atoms with Crippen LogP contribution in [0.4, 0.5) is 5.69 Å². The lowest BCUT2D eigenvalue weighted by Crippen LogP contribution is -2.12. The number of anilines is 1. The fourth-order valence-corrected chi connectivity index (χ4v) is 3.00. The zero-order chi connectivity index (χ0) is 14.8. The summed E-state index contributed by atoms with van der Waals surface area (Å²) in [5, 5.41) is 5.09. The van der Waals surface area contributed by atoms with Crippen LogP contribution in [-0.2, 0) is 0 Å². The van der Waals surface area contributed by atoms with Gasteiger partial charge in [-0.3, -0.25) is 4.79 Å². The Morgan fingerprint density at radius 2 is 1.57 bits per heavy atom. The van der Waals surface area contributed by atoms with Crippen LogP contribution in [-0.4, -0.2) is 5.91 Å². The Labute approximate surface area is 144 Å². The Morgan fingerprint density at radius 1 is 0.905 bits per heavy atom. The van der Waals surface area contributed by atoms with Gasteiger partial charge in [-0.25, -0.2) is 0 Å². The molecule has 0 saturated carbocycles. The van der Waals surface area contributed by atoms with Crippen LogP contribution in [0.15, 0.2) is 65.1 Å². The number of carbonyl (C=O) groups excluding carboxylic acids is 1. The van der Waals surface area contributed by atoms with Gasteiger partial charge in [-0.15, -0.1) is 0 Å². The van der Waals surface area contributed by atoms with Crippen LogP contribution >= 0.6 is 38.5 Å². The molecule has 0 aliphatic heterocycles. The highest BCUT2D eigenvalue weighted by Gasteiger charge is 2.09. The van der Waals surface area contributed by atoms with E-state index in [2.05, 4.69) is 43.8 Å². The van der Waals surface area contributed by atoms with Crippen molar-refractivity contribution in [1.82, 2.24) is 0 Å². The number of hydrogen-bond acceptors (Lipinski definition) is 1. The van der Waals surface area contributed by atoms with Crippen molar-refractivity contribution in [2.24, 2.45) is 0 Å². The summed E-state index contributed by atoms with van der Waals surface area (Å²) < 4.78 is 2.13. The molecule has 0 unspecified atom stereocenters. The Balaban J connectivity index is 1.97. The summed E-state index contributed by atoms with van der Waals surface area (Å²) >= 11 is 5.76. The van der Waals surface area contributed by atoms with E-state index in [1.54, 1.807) is 0 Å². The van der Waals surface area contributed by atoms with Gasteiger partial charge in [0.1, 0.15) is 0 Å². The van der Waals surface area contributed by atoms with Crippen LogP contribution in [0, 0.1) is 3.57 Å². The first-order valence-corrected chi connectivity index (χ1v) is 8.26. The molecular weight excluding hydrogens is 441 g/mol. The van der Waals surface area contributed by atoms with E-state index in [1.807, 2.05) is 60.7 Å². The van der Waals surface area contributed by atoms with Crippen molar-refractivity contribution in [3.63, 3.8) is 0 Å². The fourth-order valence-electron chi connectivity index (χ4n) is 2.17. The van der Waals surface area contributed by atoms with E-state index in [0.717, 1.165) is 24.5 Å². The van der Waals surface area contributed by atoms with Crippen LogP contribution in [0.3, 0.4) is 0 Å². The van der Waals surface area contributed by atoms with E-state index in [-0.39, 0.29) is 5.91 Å². The molecule has 1 N–H and O–H groups in total. The van der Waals surface area contributed by atoms with E-state index in [1.165, 1.54) is 0 Å². The van der Waals surface area contributed by atoms with Gasteiger partial charge in [0.25, 0.3) is 5.91 Å². The predicted octanol–water partition coefficient (Wildman–Crippen LogP) is 5.46. The number of fused-ring (bicyclic) bond motifs is 1. The van der Waals surface area contributed by atoms with Crippen molar-refractivity contribution >= 4 is 60.9 Å². The largest absolute Gasteiger partial charge is 0.321 e. The third-order valence-corrected chi connectivity index (χ3v) is 4.64. The molecule has 0 aromatic heterocycles. The lowest BCUT2D eigenvalue weighted by molar-refractivity contribution is 0.102. The minimum absolute atomic E-state index is 0.0983. The van der Waals surface area contributed by atoms with E-state index in [4.69, 9.17) is 0 Å². The molecule has 2 nitrogen and oxygen atoms in total. The van der Waals surface area contributed by atoms with Crippen LogP contribution < -0.4 is 5.32 Å². The van der Waals surface area contributed by atoms with Gasteiger partial charge in [0.15, 0.2) is 0 Å². The third kappa shape index (κ3) is 3.11. The highest BCUT2D eigenvalue weighted by atomic mass is 127. The number of amides is 1. The molecule has 0 fully saturated rings. The van der Waals surface area contributed by atoms with Crippen molar-refractivity contribution in [2.75, 3.05) is 5.32 Å². The van der Waals surface area contributed by atoms with E-state index in [9.17, 15) is 4.79 Å². The second-order valence-corrected chi connectivity index (χ2v) is 6.70. The molecule has 0 aliphatic carbocycles. The number of rotatable bonds is 2. The van der Waals surface area contributed by atoms with Crippen molar-refractivity contribution in [2.45, 2.75) is 0 Å². The average Bonchev–Trinajstić information content (AvgIpc) is 2.51. The van der Waals surface area contributed by atoms with Gasteiger partial charge in [0.2, 0.25) is 0 Å². The molecule has 0 saturated heterocycles. The lowest BCUT2D eigenvalue weighted by atomic mass is 10.1. The molecule has 1 amide bonds. The first-order valence-electron chi connectivity index (χ1n) is 6.39. The summed E-state index contributed by atoms with van der Waals surface area (Å²) in [6, 6.07) is 19.4. The lowest BCUT2D eigenvalue weighted by Gasteiger charge is -2.10. The van der Waals surface area contributed by atoms with Gasteiger partial charge in [0.05, 0.1) is 0 Å².